The van der Waals surface area contributed by atoms with Crippen LogP contribution in [0.15, 0.2) is 24.3 Å². The van der Waals surface area contributed by atoms with Crippen molar-refractivity contribution < 1.29 is 4.39 Å². The Labute approximate surface area is 84.5 Å². The normalized spacial score (nSPS) is 11.9. The molecule has 1 rings (SSSR count). The van der Waals surface area contributed by atoms with Crippen LogP contribution in [0.25, 0.3) is 0 Å². The summed E-state index contributed by atoms with van der Waals surface area (Å²) in [6.07, 6.45) is 1.51. The summed E-state index contributed by atoms with van der Waals surface area (Å²) in [7, 11) is 0. The second kappa shape index (κ2) is 5.95. The predicted octanol–water partition coefficient (Wildman–Crippen LogP) is 2.53. The first-order valence-electron chi connectivity index (χ1n) is 4.23. The average Bonchev–Trinajstić information content (AvgIpc) is 2.09. The predicted molar refractivity (Wildman–Crippen MR) is 55.6 cm³/mol. The van der Waals surface area contributed by atoms with Gasteiger partial charge < -0.3 is 5.73 Å². The molecule has 0 saturated carbocycles. The van der Waals surface area contributed by atoms with Gasteiger partial charge >= 0.3 is 0 Å². The highest BCUT2D eigenvalue weighted by molar-refractivity contribution is 5.85. The summed E-state index contributed by atoms with van der Waals surface area (Å²) in [6, 6.07) is 6.85. The molecule has 74 valence electrons. The maximum absolute atomic E-state index is 13.0. The Balaban J connectivity index is 0.00000144. The molecule has 0 saturated heterocycles. The van der Waals surface area contributed by atoms with Crippen LogP contribution in [0, 0.1) is 5.82 Å². The van der Waals surface area contributed by atoms with Gasteiger partial charge in [-0.25, -0.2) is 4.39 Å². The van der Waals surface area contributed by atoms with Crippen LogP contribution in [0.3, 0.4) is 0 Å². The topological polar surface area (TPSA) is 26.0 Å². The highest BCUT2D eigenvalue weighted by Crippen LogP contribution is 2.09. The Hall–Kier alpha value is -0.600. The van der Waals surface area contributed by atoms with Gasteiger partial charge in [-0.3, -0.25) is 0 Å². The first-order chi connectivity index (χ1) is 5.74. The molecule has 0 spiro atoms. The quantitative estimate of drug-likeness (QED) is 0.803. The highest BCUT2D eigenvalue weighted by atomic mass is 35.5. The van der Waals surface area contributed by atoms with Gasteiger partial charge in [0.15, 0.2) is 0 Å². The smallest absolute Gasteiger partial charge is 0.126 e. The van der Waals surface area contributed by atoms with E-state index in [4.69, 9.17) is 5.73 Å². The second-order valence-electron chi connectivity index (χ2n) is 2.96. The molecule has 0 fully saturated rings. The van der Waals surface area contributed by atoms with Crippen molar-refractivity contribution in [1.82, 2.24) is 0 Å². The van der Waals surface area contributed by atoms with Gasteiger partial charge in [0.05, 0.1) is 0 Å². The Morgan fingerprint density at radius 3 is 2.54 bits per heavy atom. The van der Waals surface area contributed by atoms with Gasteiger partial charge in [-0.1, -0.05) is 25.1 Å². The fourth-order valence-electron chi connectivity index (χ4n) is 1.09. The fraction of sp³-hybridized carbons (Fsp3) is 0.400. The average molecular weight is 204 g/mol. The van der Waals surface area contributed by atoms with E-state index in [2.05, 4.69) is 0 Å². The van der Waals surface area contributed by atoms with Crippen molar-refractivity contribution in [2.75, 3.05) is 0 Å². The van der Waals surface area contributed by atoms with Crippen molar-refractivity contribution in [3.63, 3.8) is 0 Å². The molecule has 0 heterocycles. The molecule has 0 aromatic heterocycles. The Kier molecular flexibility index (Phi) is 5.67. The minimum atomic E-state index is -0.151. The van der Waals surface area contributed by atoms with E-state index in [1.54, 1.807) is 12.1 Å². The van der Waals surface area contributed by atoms with Gasteiger partial charge in [0.2, 0.25) is 0 Å². The van der Waals surface area contributed by atoms with Crippen molar-refractivity contribution in [2.24, 2.45) is 5.73 Å². The molecule has 0 aliphatic rings. The Bertz CT molecular complexity index is 252. The van der Waals surface area contributed by atoms with Crippen LogP contribution in [0.2, 0.25) is 0 Å². The third kappa shape index (κ3) is 3.75. The zero-order valence-corrected chi connectivity index (χ0v) is 8.48. The van der Waals surface area contributed by atoms with Gasteiger partial charge in [0.1, 0.15) is 5.82 Å². The molecule has 1 nitrogen and oxygen atoms in total. The Morgan fingerprint density at radius 2 is 2.00 bits per heavy atom. The summed E-state index contributed by atoms with van der Waals surface area (Å²) in [5.74, 6) is -0.151. The van der Waals surface area contributed by atoms with E-state index in [1.807, 2.05) is 13.0 Å². The van der Waals surface area contributed by atoms with E-state index in [-0.39, 0.29) is 24.3 Å². The maximum Gasteiger partial charge on any atom is 0.126 e. The zero-order chi connectivity index (χ0) is 8.97. The van der Waals surface area contributed by atoms with E-state index in [0.717, 1.165) is 6.42 Å². The monoisotopic (exact) mass is 203 g/mol. The van der Waals surface area contributed by atoms with E-state index in [1.165, 1.54) is 6.07 Å². The minimum Gasteiger partial charge on any atom is -0.327 e. The highest BCUT2D eigenvalue weighted by Gasteiger charge is 2.04. The summed E-state index contributed by atoms with van der Waals surface area (Å²) in [5, 5.41) is 0. The summed E-state index contributed by atoms with van der Waals surface area (Å²) in [6.45, 7) is 2.01. The molecule has 1 aromatic carbocycles. The molecule has 1 atom stereocenters. The fourth-order valence-corrected chi connectivity index (χ4v) is 1.09. The van der Waals surface area contributed by atoms with E-state index >= 15 is 0 Å². The van der Waals surface area contributed by atoms with Crippen molar-refractivity contribution >= 4 is 12.4 Å². The molecule has 0 aliphatic carbocycles. The third-order valence-electron chi connectivity index (χ3n) is 1.96. The van der Waals surface area contributed by atoms with E-state index in [9.17, 15) is 4.39 Å². The lowest BCUT2D eigenvalue weighted by Crippen LogP contribution is -2.21. The molecule has 0 amide bonds. The van der Waals surface area contributed by atoms with Crippen molar-refractivity contribution in [3.05, 3.63) is 35.6 Å². The standard InChI is InChI=1S/C10H14FN.ClH/c1-2-9(12)7-8-5-3-4-6-10(8)11;/h3-6,9H,2,7,12H2,1H3;1H. The van der Waals surface area contributed by atoms with Crippen LogP contribution in [-0.2, 0) is 6.42 Å². The van der Waals surface area contributed by atoms with Crippen LogP contribution in [-0.4, -0.2) is 6.04 Å². The number of halogens is 2. The zero-order valence-electron chi connectivity index (χ0n) is 7.66. The Morgan fingerprint density at radius 1 is 1.38 bits per heavy atom. The van der Waals surface area contributed by atoms with E-state index in [0.29, 0.717) is 12.0 Å². The summed E-state index contributed by atoms with van der Waals surface area (Å²) in [5.41, 5.74) is 6.42. The number of benzene rings is 1. The number of hydrogen-bond acceptors (Lipinski definition) is 1. The first kappa shape index (κ1) is 12.4. The molecule has 0 aliphatic heterocycles. The molecular weight excluding hydrogens is 189 g/mol. The molecule has 1 aromatic rings. The minimum absolute atomic E-state index is 0. The largest absolute Gasteiger partial charge is 0.327 e. The lowest BCUT2D eigenvalue weighted by Gasteiger charge is -2.08. The van der Waals surface area contributed by atoms with Crippen LogP contribution in [0.5, 0.6) is 0 Å². The molecule has 0 bridgehead atoms. The molecule has 3 heteroatoms. The summed E-state index contributed by atoms with van der Waals surface area (Å²) in [4.78, 5) is 0. The second-order valence-corrected chi connectivity index (χ2v) is 2.96. The summed E-state index contributed by atoms with van der Waals surface area (Å²) >= 11 is 0. The molecule has 13 heavy (non-hydrogen) atoms. The van der Waals surface area contributed by atoms with Crippen molar-refractivity contribution in [2.45, 2.75) is 25.8 Å². The first-order valence-corrected chi connectivity index (χ1v) is 4.23. The van der Waals surface area contributed by atoms with Crippen LogP contribution in [0.4, 0.5) is 4.39 Å². The van der Waals surface area contributed by atoms with Crippen LogP contribution < -0.4 is 5.73 Å². The number of rotatable bonds is 3. The van der Waals surface area contributed by atoms with Gasteiger partial charge in [0, 0.05) is 6.04 Å². The third-order valence-corrected chi connectivity index (χ3v) is 1.96. The van der Waals surface area contributed by atoms with Gasteiger partial charge in [-0.2, -0.15) is 0 Å². The molecule has 1 unspecified atom stereocenters. The van der Waals surface area contributed by atoms with Gasteiger partial charge in [-0.15, -0.1) is 12.4 Å². The van der Waals surface area contributed by atoms with Gasteiger partial charge in [0.25, 0.3) is 0 Å². The van der Waals surface area contributed by atoms with Crippen LogP contribution in [0.1, 0.15) is 18.9 Å². The number of nitrogens with two attached hydrogens (primary N) is 1. The van der Waals surface area contributed by atoms with E-state index < -0.39 is 0 Å². The maximum atomic E-state index is 13.0. The molecule has 2 N–H and O–H groups in total. The number of hydrogen-bond donors (Lipinski definition) is 1. The van der Waals surface area contributed by atoms with Crippen molar-refractivity contribution in [1.29, 1.82) is 0 Å². The summed E-state index contributed by atoms with van der Waals surface area (Å²) < 4.78 is 13.0. The lowest BCUT2D eigenvalue weighted by molar-refractivity contribution is 0.579. The molecule has 0 radical (unpaired) electrons. The SMILES string of the molecule is CCC(N)Cc1ccccc1F.Cl. The molecular formula is C10H15ClFN. The van der Waals surface area contributed by atoms with Crippen molar-refractivity contribution in [3.8, 4) is 0 Å². The lowest BCUT2D eigenvalue weighted by atomic mass is 10.0. The van der Waals surface area contributed by atoms with Crippen LogP contribution >= 0.6 is 12.4 Å². The van der Waals surface area contributed by atoms with Gasteiger partial charge in [-0.05, 0) is 24.5 Å².